The number of aliphatic hydroxyl groups is 2. The van der Waals surface area contributed by atoms with Gasteiger partial charge in [0.1, 0.15) is 13.4 Å². The molecule has 1 aliphatic carbocycles. The summed E-state index contributed by atoms with van der Waals surface area (Å²) in [5.74, 6) is 0.252. The summed E-state index contributed by atoms with van der Waals surface area (Å²) in [6.07, 6.45) is 1.35. The number of aliphatic hydroxyl groups excluding tert-OH is 2. The van der Waals surface area contributed by atoms with Crippen LogP contribution in [-0.4, -0.2) is 42.4 Å². The minimum Gasteiger partial charge on any atom is -0.393 e. The first-order valence-corrected chi connectivity index (χ1v) is 4.16. The molecule has 4 heteroatoms. The molecule has 2 N–H and O–H groups in total. The van der Waals surface area contributed by atoms with Crippen molar-refractivity contribution in [2.75, 3.05) is 6.61 Å². The molecule has 0 unspecified atom stereocenters. The van der Waals surface area contributed by atoms with Crippen LogP contribution in [0.5, 0.6) is 0 Å². The average molecular weight is 156 g/mol. The summed E-state index contributed by atoms with van der Waals surface area (Å²) in [6, 6.07) is 0.117. The summed E-state index contributed by atoms with van der Waals surface area (Å²) < 4.78 is 5.51. The Bertz CT molecular complexity index is 175. The Morgan fingerprint density at radius 2 is 2.36 bits per heavy atom. The second-order valence-corrected chi connectivity index (χ2v) is 3.69. The molecule has 1 heterocycles. The fraction of sp³-hybridized carbons (Fsp3) is 1.00. The average Bonchev–Trinajstić information content (AvgIpc) is 2.42. The third-order valence-corrected chi connectivity index (χ3v) is 3.14. The van der Waals surface area contributed by atoms with Crippen LogP contribution in [0.15, 0.2) is 0 Å². The Morgan fingerprint density at radius 1 is 1.64 bits per heavy atom. The summed E-state index contributed by atoms with van der Waals surface area (Å²) in [6.45, 7) is -0.0466. The topological polar surface area (TPSA) is 49.7 Å². The molecule has 2 fully saturated rings. The Morgan fingerprint density at radius 3 is 2.64 bits per heavy atom. The van der Waals surface area contributed by atoms with E-state index in [1.54, 1.807) is 0 Å². The lowest BCUT2D eigenvalue weighted by Gasteiger charge is -2.27. The lowest BCUT2D eigenvalue weighted by molar-refractivity contribution is -0.0984. The van der Waals surface area contributed by atoms with E-state index in [0.717, 1.165) is 12.8 Å². The van der Waals surface area contributed by atoms with Crippen LogP contribution in [0.1, 0.15) is 12.8 Å². The van der Waals surface area contributed by atoms with Gasteiger partial charge in [-0.3, -0.25) is 0 Å². The van der Waals surface area contributed by atoms with Gasteiger partial charge < -0.3 is 14.9 Å². The number of rotatable bonds is 1. The largest absolute Gasteiger partial charge is 0.393 e. The molecule has 0 aromatic heterocycles. The Balaban J connectivity index is 2.24. The quantitative estimate of drug-likeness (QED) is 0.453. The Kier molecular flexibility index (Phi) is 1.53. The summed E-state index contributed by atoms with van der Waals surface area (Å²) in [7, 11) is 1.96. The van der Waals surface area contributed by atoms with E-state index in [-0.39, 0.29) is 18.5 Å². The molecule has 2 aliphatic rings. The van der Waals surface area contributed by atoms with Gasteiger partial charge in [0.05, 0.1) is 12.7 Å². The molecule has 0 radical (unpaired) electrons. The molecule has 0 aromatic carbocycles. The zero-order chi connectivity index (χ0) is 8.06. The van der Waals surface area contributed by atoms with Crippen molar-refractivity contribution in [3.05, 3.63) is 0 Å². The number of fused-ring (bicyclic) bond motifs is 2. The highest BCUT2D eigenvalue weighted by Crippen LogP contribution is 2.46. The highest BCUT2D eigenvalue weighted by Gasteiger charge is 2.57. The van der Waals surface area contributed by atoms with Crippen molar-refractivity contribution in [2.24, 2.45) is 5.92 Å². The molecule has 0 amide bonds. The third kappa shape index (κ3) is 0.804. The van der Waals surface area contributed by atoms with Crippen LogP contribution in [0.2, 0.25) is 0 Å². The minimum atomic E-state index is -0.607. The number of ether oxygens (including phenoxy) is 1. The molecule has 0 aromatic rings. The smallest absolute Gasteiger partial charge is 0.139 e. The van der Waals surface area contributed by atoms with Crippen LogP contribution in [0, 0.1) is 5.92 Å². The predicted molar refractivity (Wildman–Crippen MR) is 42.0 cm³/mol. The molecule has 2 rings (SSSR count). The van der Waals surface area contributed by atoms with E-state index in [4.69, 9.17) is 9.84 Å². The highest BCUT2D eigenvalue weighted by atomic mass is 16.5. The molecule has 1 aliphatic heterocycles. The second-order valence-electron chi connectivity index (χ2n) is 3.69. The molecule has 62 valence electrons. The maximum Gasteiger partial charge on any atom is 0.139 e. The van der Waals surface area contributed by atoms with Crippen LogP contribution in [0.3, 0.4) is 0 Å². The van der Waals surface area contributed by atoms with E-state index in [2.05, 4.69) is 0 Å². The van der Waals surface area contributed by atoms with Crippen LogP contribution in [-0.2, 0) is 4.74 Å². The normalized spacial score (nSPS) is 55.3. The van der Waals surface area contributed by atoms with Gasteiger partial charge in [-0.05, 0) is 12.8 Å². The van der Waals surface area contributed by atoms with Gasteiger partial charge >= 0.3 is 0 Å². The summed E-state index contributed by atoms with van der Waals surface area (Å²) in [5.41, 5.74) is -0.607. The van der Waals surface area contributed by atoms with Crippen molar-refractivity contribution in [3.8, 4) is 0 Å². The van der Waals surface area contributed by atoms with Gasteiger partial charge in [-0.2, -0.15) is 0 Å². The standard InChI is InChI=1S/C7H13BO3/c8-6-4-1-2-7(3-9,11-6)5(4)10/h4-6,9-10H,1-3,8H2/t4-,5+,6-,7-/m1/s1. The highest BCUT2D eigenvalue weighted by molar-refractivity contribution is 6.11. The Labute approximate surface area is 66.8 Å². The van der Waals surface area contributed by atoms with E-state index in [1.807, 2.05) is 7.85 Å². The monoisotopic (exact) mass is 156 g/mol. The molecular formula is C7H13BO3. The van der Waals surface area contributed by atoms with Crippen molar-refractivity contribution in [1.82, 2.24) is 0 Å². The van der Waals surface area contributed by atoms with Crippen LogP contribution in [0.25, 0.3) is 0 Å². The van der Waals surface area contributed by atoms with Gasteiger partial charge in [0.2, 0.25) is 0 Å². The van der Waals surface area contributed by atoms with Crippen molar-refractivity contribution in [3.63, 3.8) is 0 Å². The molecule has 4 atom stereocenters. The first-order chi connectivity index (χ1) is 5.19. The first kappa shape index (κ1) is 7.59. The molecular weight excluding hydrogens is 143 g/mol. The SMILES string of the molecule is B[C@@H]1O[C@@]2(CO)CC[C@@H]1[C@@H]2O. The third-order valence-electron chi connectivity index (χ3n) is 3.14. The zero-order valence-electron chi connectivity index (χ0n) is 6.66. The van der Waals surface area contributed by atoms with E-state index in [0.29, 0.717) is 0 Å². The summed E-state index contributed by atoms with van der Waals surface area (Å²) >= 11 is 0. The fourth-order valence-corrected chi connectivity index (χ4v) is 2.39. The Hall–Kier alpha value is -0.0551. The van der Waals surface area contributed by atoms with Crippen LogP contribution >= 0.6 is 0 Å². The maximum absolute atomic E-state index is 9.66. The molecule has 2 bridgehead atoms. The molecule has 1 saturated heterocycles. The van der Waals surface area contributed by atoms with Gasteiger partial charge in [-0.1, -0.05) is 0 Å². The molecule has 0 spiro atoms. The van der Waals surface area contributed by atoms with Gasteiger partial charge in [0.25, 0.3) is 0 Å². The lowest BCUT2D eigenvalue weighted by Crippen LogP contribution is -2.40. The summed E-state index contributed by atoms with van der Waals surface area (Å²) in [5, 5.41) is 18.7. The van der Waals surface area contributed by atoms with Crippen molar-refractivity contribution in [2.45, 2.75) is 30.5 Å². The molecule has 11 heavy (non-hydrogen) atoms. The van der Waals surface area contributed by atoms with Gasteiger partial charge in [0, 0.05) is 11.9 Å². The van der Waals surface area contributed by atoms with Gasteiger partial charge in [-0.15, -0.1) is 0 Å². The van der Waals surface area contributed by atoms with Crippen molar-refractivity contribution < 1.29 is 14.9 Å². The van der Waals surface area contributed by atoms with Gasteiger partial charge in [-0.25, -0.2) is 0 Å². The number of hydrogen-bond acceptors (Lipinski definition) is 3. The number of hydrogen-bond donors (Lipinski definition) is 2. The van der Waals surface area contributed by atoms with Crippen molar-refractivity contribution in [1.29, 1.82) is 0 Å². The summed E-state index contributed by atoms with van der Waals surface area (Å²) in [4.78, 5) is 0. The van der Waals surface area contributed by atoms with Crippen LogP contribution in [0.4, 0.5) is 0 Å². The maximum atomic E-state index is 9.66. The lowest BCUT2D eigenvalue weighted by atomic mass is 9.86. The zero-order valence-corrected chi connectivity index (χ0v) is 6.66. The van der Waals surface area contributed by atoms with Gasteiger partial charge in [0.15, 0.2) is 0 Å². The molecule has 3 nitrogen and oxygen atoms in total. The predicted octanol–water partition coefficient (Wildman–Crippen LogP) is -1.52. The van der Waals surface area contributed by atoms with E-state index in [1.165, 1.54) is 0 Å². The second kappa shape index (κ2) is 2.22. The fourth-order valence-electron chi connectivity index (χ4n) is 2.39. The van der Waals surface area contributed by atoms with E-state index >= 15 is 0 Å². The van der Waals surface area contributed by atoms with Crippen molar-refractivity contribution >= 4 is 7.85 Å². The van der Waals surface area contributed by atoms with Crippen LogP contribution < -0.4 is 0 Å². The van der Waals surface area contributed by atoms with E-state index in [9.17, 15) is 5.11 Å². The molecule has 1 saturated carbocycles. The minimum absolute atomic E-state index is 0.0466. The first-order valence-electron chi connectivity index (χ1n) is 4.16. The van der Waals surface area contributed by atoms with E-state index < -0.39 is 11.7 Å².